The Balaban J connectivity index is 2.74. The molecule has 0 saturated carbocycles. The average Bonchev–Trinajstić information content (AvgIpc) is 2.34. The third-order valence-corrected chi connectivity index (χ3v) is 0.994. The van der Waals surface area contributed by atoms with Gasteiger partial charge in [0.1, 0.15) is 12.4 Å². The van der Waals surface area contributed by atoms with Gasteiger partial charge in [-0.25, -0.2) is 0 Å². The van der Waals surface area contributed by atoms with Crippen LogP contribution < -0.4 is 4.74 Å². The topological polar surface area (TPSA) is 42.6 Å². The summed E-state index contributed by atoms with van der Waals surface area (Å²) in [5.41, 5.74) is 0. The molecule has 0 aliphatic carbocycles. The van der Waals surface area contributed by atoms with Gasteiger partial charge < -0.3 is 14.3 Å². The first-order valence-corrected chi connectivity index (χ1v) is 2.60. The normalized spacial score (nSPS) is 9.56. The van der Waals surface area contributed by atoms with Crippen LogP contribution in [0.2, 0.25) is 0 Å². The van der Waals surface area contributed by atoms with Gasteiger partial charge in [0.05, 0.1) is 7.11 Å². The van der Waals surface area contributed by atoms with Crippen molar-refractivity contribution >= 4 is 0 Å². The van der Waals surface area contributed by atoms with Crippen LogP contribution in [0.4, 0.5) is 0 Å². The highest BCUT2D eigenvalue weighted by Crippen LogP contribution is 2.14. The Morgan fingerprint density at radius 3 is 2.78 bits per heavy atom. The molecule has 0 amide bonds. The van der Waals surface area contributed by atoms with Gasteiger partial charge in [-0.3, -0.25) is 0 Å². The Kier molecular flexibility index (Phi) is 1.75. The van der Waals surface area contributed by atoms with Crippen molar-refractivity contribution in [3.63, 3.8) is 0 Å². The van der Waals surface area contributed by atoms with Crippen LogP contribution in [0.1, 0.15) is 5.76 Å². The van der Waals surface area contributed by atoms with Gasteiger partial charge in [-0.1, -0.05) is 0 Å². The molecule has 1 N–H and O–H groups in total. The quantitative estimate of drug-likeness (QED) is 0.640. The van der Waals surface area contributed by atoms with Crippen LogP contribution in [0.5, 0.6) is 5.95 Å². The highest BCUT2D eigenvalue weighted by molar-refractivity contribution is 5.10. The van der Waals surface area contributed by atoms with Gasteiger partial charge in [0.15, 0.2) is 0 Å². The molecule has 0 unspecified atom stereocenters. The van der Waals surface area contributed by atoms with E-state index < -0.39 is 0 Å². The maximum absolute atomic E-state index is 8.50. The molecule has 0 saturated heterocycles. The van der Waals surface area contributed by atoms with E-state index in [1.54, 1.807) is 12.1 Å². The summed E-state index contributed by atoms with van der Waals surface area (Å²) in [6.07, 6.45) is 0. The Morgan fingerprint density at radius 1 is 1.67 bits per heavy atom. The van der Waals surface area contributed by atoms with E-state index in [4.69, 9.17) is 14.3 Å². The van der Waals surface area contributed by atoms with Crippen molar-refractivity contribution in [3.8, 4) is 5.95 Å². The van der Waals surface area contributed by atoms with E-state index in [9.17, 15) is 0 Å². The summed E-state index contributed by atoms with van der Waals surface area (Å²) < 4.78 is 9.63. The molecule has 50 valence electrons. The lowest BCUT2D eigenvalue weighted by molar-refractivity contribution is 0.224. The smallest absolute Gasteiger partial charge is 0.284 e. The van der Waals surface area contributed by atoms with Gasteiger partial charge >= 0.3 is 0 Å². The monoisotopic (exact) mass is 128 g/mol. The highest BCUT2D eigenvalue weighted by atomic mass is 16.6. The van der Waals surface area contributed by atoms with Crippen molar-refractivity contribution in [2.24, 2.45) is 0 Å². The Labute approximate surface area is 52.9 Å². The van der Waals surface area contributed by atoms with Crippen molar-refractivity contribution < 1.29 is 14.3 Å². The van der Waals surface area contributed by atoms with E-state index in [2.05, 4.69) is 0 Å². The third kappa shape index (κ3) is 1.23. The zero-order valence-electron chi connectivity index (χ0n) is 5.13. The van der Waals surface area contributed by atoms with E-state index in [1.165, 1.54) is 7.11 Å². The molecule has 1 aromatic heterocycles. The SMILES string of the molecule is COc1ccc(CO)o1. The predicted molar refractivity (Wildman–Crippen MR) is 31.2 cm³/mol. The molecule has 0 aromatic carbocycles. The molecular weight excluding hydrogens is 120 g/mol. The minimum absolute atomic E-state index is 0.0800. The average molecular weight is 128 g/mol. The summed E-state index contributed by atoms with van der Waals surface area (Å²) in [5.74, 6) is 0.950. The molecule has 1 aromatic rings. The Hall–Kier alpha value is -0.960. The second-order valence-electron chi connectivity index (χ2n) is 1.58. The number of hydrogen-bond acceptors (Lipinski definition) is 3. The number of rotatable bonds is 2. The Bertz CT molecular complexity index is 162. The lowest BCUT2D eigenvalue weighted by Gasteiger charge is -1.89. The third-order valence-electron chi connectivity index (χ3n) is 0.994. The second-order valence-corrected chi connectivity index (χ2v) is 1.58. The van der Waals surface area contributed by atoms with Crippen LogP contribution in [0.25, 0.3) is 0 Å². The standard InChI is InChI=1S/C6H8O3/c1-8-6-3-2-5(4-7)9-6/h2-3,7H,4H2,1H3. The fourth-order valence-electron chi connectivity index (χ4n) is 0.553. The summed E-state index contributed by atoms with van der Waals surface area (Å²) in [6.45, 7) is -0.0800. The number of hydrogen-bond donors (Lipinski definition) is 1. The largest absolute Gasteiger partial charge is 0.468 e. The van der Waals surface area contributed by atoms with Crippen molar-refractivity contribution in [1.29, 1.82) is 0 Å². The molecule has 1 rings (SSSR count). The van der Waals surface area contributed by atoms with E-state index in [0.717, 1.165) is 0 Å². The fraction of sp³-hybridized carbons (Fsp3) is 0.333. The van der Waals surface area contributed by atoms with Crippen molar-refractivity contribution in [2.45, 2.75) is 6.61 Å². The number of ether oxygens (including phenoxy) is 1. The lowest BCUT2D eigenvalue weighted by atomic mass is 10.5. The zero-order valence-corrected chi connectivity index (χ0v) is 5.13. The summed E-state index contributed by atoms with van der Waals surface area (Å²) >= 11 is 0. The van der Waals surface area contributed by atoms with Crippen LogP contribution in [0.3, 0.4) is 0 Å². The molecule has 0 bridgehead atoms. The van der Waals surface area contributed by atoms with Crippen molar-refractivity contribution in [3.05, 3.63) is 17.9 Å². The molecule has 3 nitrogen and oxygen atoms in total. The lowest BCUT2D eigenvalue weighted by Crippen LogP contribution is -1.77. The summed E-state index contributed by atoms with van der Waals surface area (Å²) in [6, 6.07) is 3.32. The van der Waals surface area contributed by atoms with E-state index in [1.807, 2.05) is 0 Å². The molecule has 9 heavy (non-hydrogen) atoms. The molecule has 0 radical (unpaired) electrons. The molecule has 0 aliphatic rings. The first kappa shape index (κ1) is 6.16. The molecule has 0 aliphatic heterocycles. The number of methoxy groups -OCH3 is 1. The van der Waals surface area contributed by atoms with Gasteiger partial charge in [-0.15, -0.1) is 0 Å². The summed E-state index contributed by atoms with van der Waals surface area (Å²) in [7, 11) is 1.51. The first-order valence-electron chi connectivity index (χ1n) is 2.60. The molecule has 0 atom stereocenters. The van der Waals surface area contributed by atoms with Crippen LogP contribution in [0, 0.1) is 0 Å². The van der Waals surface area contributed by atoms with Crippen molar-refractivity contribution in [2.75, 3.05) is 7.11 Å². The van der Waals surface area contributed by atoms with Gasteiger partial charge in [0, 0.05) is 6.07 Å². The Morgan fingerprint density at radius 2 is 2.44 bits per heavy atom. The van der Waals surface area contributed by atoms with Gasteiger partial charge in [-0.05, 0) is 6.07 Å². The van der Waals surface area contributed by atoms with Crippen LogP contribution in [0.15, 0.2) is 16.5 Å². The number of furan rings is 1. The van der Waals surface area contributed by atoms with Crippen LogP contribution in [-0.4, -0.2) is 12.2 Å². The van der Waals surface area contributed by atoms with Gasteiger partial charge in [-0.2, -0.15) is 0 Å². The summed E-state index contributed by atoms with van der Waals surface area (Å²) in [4.78, 5) is 0. The maximum atomic E-state index is 8.50. The maximum Gasteiger partial charge on any atom is 0.284 e. The van der Waals surface area contributed by atoms with Crippen molar-refractivity contribution in [1.82, 2.24) is 0 Å². The van der Waals surface area contributed by atoms with E-state index >= 15 is 0 Å². The second kappa shape index (κ2) is 2.55. The molecule has 0 fully saturated rings. The van der Waals surface area contributed by atoms with Crippen LogP contribution >= 0.6 is 0 Å². The molecular formula is C6H8O3. The first-order chi connectivity index (χ1) is 4.36. The number of aliphatic hydroxyl groups is 1. The van der Waals surface area contributed by atoms with Crippen LogP contribution in [-0.2, 0) is 6.61 Å². The summed E-state index contributed by atoms with van der Waals surface area (Å²) in [5, 5.41) is 8.50. The van der Waals surface area contributed by atoms with E-state index in [0.29, 0.717) is 11.7 Å². The van der Waals surface area contributed by atoms with Gasteiger partial charge in [0.2, 0.25) is 0 Å². The predicted octanol–water partition coefficient (Wildman–Crippen LogP) is 0.780. The zero-order chi connectivity index (χ0) is 6.69. The van der Waals surface area contributed by atoms with E-state index in [-0.39, 0.29) is 6.61 Å². The number of aliphatic hydroxyl groups excluding tert-OH is 1. The highest BCUT2D eigenvalue weighted by Gasteiger charge is 1.97. The molecule has 0 spiro atoms. The molecule has 1 heterocycles. The fourth-order valence-corrected chi connectivity index (χ4v) is 0.553. The van der Waals surface area contributed by atoms with Gasteiger partial charge in [0.25, 0.3) is 5.95 Å². The minimum Gasteiger partial charge on any atom is -0.468 e. The minimum atomic E-state index is -0.0800. The molecule has 3 heteroatoms.